The van der Waals surface area contributed by atoms with Crippen molar-refractivity contribution in [3.8, 4) is 11.5 Å². The van der Waals surface area contributed by atoms with Gasteiger partial charge in [-0.2, -0.15) is 0 Å². The Labute approximate surface area is 249 Å². The van der Waals surface area contributed by atoms with Crippen LogP contribution in [0.15, 0.2) is 78.4 Å². The van der Waals surface area contributed by atoms with Gasteiger partial charge in [0.2, 0.25) is 5.91 Å². The fraction of sp³-hybridized carbons (Fsp3) is 0.371. The molecule has 1 fully saturated rings. The average molecular weight is 568 g/mol. The number of fused-ring (bicyclic) bond motifs is 2. The van der Waals surface area contributed by atoms with Crippen LogP contribution in [0.3, 0.4) is 0 Å². The zero-order valence-electron chi connectivity index (χ0n) is 25.1. The number of ether oxygens (including phenoxy) is 2. The first kappa shape index (κ1) is 29.4. The van der Waals surface area contributed by atoms with Gasteiger partial charge in [-0.25, -0.2) is 0 Å². The summed E-state index contributed by atoms with van der Waals surface area (Å²) in [6.45, 7) is 5.95. The van der Waals surface area contributed by atoms with E-state index in [4.69, 9.17) is 9.47 Å². The molecule has 42 heavy (non-hydrogen) atoms. The standard InChI is InChI=1S/C35H41N3O4/c1-24-10-15-32(41-4)33(20-24)42-19-17-27-11-13-28(14-12-27)30-21-29-22-38(25(2)39)23-31(36-29)34(30)35(40)37(3)18-16-26-8-6-5-7-9-26/h5-15,20,29,31,36H,16-19,21-23H2,1-4H3/t29?,31-/m1/s1. The summed E-state index contributed by atoms with van der Waals surface area (Å²) in [4.78, 5) is 30.0. The topological polar surface area (TPSA) is 71.1 Å². The van der Waals surface area contributed by atoms with Crippen molar-refractivity contribution >= 4 is 17.4 Å². The van der Waals surface area contributed by atoms with Crippen molar-refractivity contribution in [2.45, 2.75) is 45.2 Å². The molecule has 0 saturated carbocycles. The number of likely N-dealkylation sites (N-methyl/N-ethyl adjacent to an activating group) is 1. The van der Waals surface area contributed by atoms with Gasteiger partial charge in [0.1, 0.15) is 0 Å². The third-order valence-electron chi connectivity index (χ3n) is 8.28. The number of rotatable bonds is 10. The van der Waals surface area contributed by atoms with Crippen molar-refractivity contribution < 1.29 is 19.1 Å². The number of methoxy groups -OCH3 is 1. The second-order valence-corrected chi connectivity index (χ2v) is 11.3. The van der Waals surface area contributed by atoms with Crippen LogP contribution >= 0.6 is 0 Å². The summed E-state index contributed by atoms with van der Waals surface area (Å²) in [5, 5.41) is 3.64. The van der Waals surface area contributed by atoms with E-state index in [0.29, 0.717) is 32.7 Å². The minimum Gasteiger partial charge on any atom is -0.493 e. The molecule has 2 amide bonds. The highest BCUT2D eigenvalue weighted by Crippen LogP contribution is 2.34. The van der Waals surface area contributed by atoms with Crippen LogP contribution in [0, 0.1) is 6.92 Å². The van der Waals surface area contributed by atoms with E-state index in [1.54, 1.807) is 14.0 Å². The summed E-state index contributed by atoms with van der Waals surface area (Å²) in [5.41, 5.74) is 6.40. The summed E-state index contributed by atoms with van der Waals surface area (Å²) in [6.07, 6.45) is 2.24. The molecular formula is C35H41N3O4. The van der Waals surface area contributed by atoms with Crippen LogP contribution in [0.1, 0.15) is 35.6 Å². The summed E-state index contributed by atoms with van der Waals surface area (Å²) >= 11 is 0. The Balaban J connectivity index is 1.34. The van der Waals surface area contributed by atoms with Gasteiger partial charge in [-0.3, -0.25) is 9.59 Å². The lowest BCUT2D eigenvalue weighted by atomic mass is 9.82. The lowest BCUT2D eigenvalue weighted by Crippen LogP contribution is -2.61. The number of benzene rings is 3. The van der Waals surface area contributed by atoms with Crippen molar-refractivity contribution in [1.82, 2.24) is 15.1 Å². The largest absolute Gasteiger partial charge is 0.493 e. The molecule has 2 atom stereocenters. The van der Waals surface area contributed by atoms with Crippen LogP contribution in [-0.2, 0) is 22.4 Å². The number of hydrogen-bond donors (Lipinski definition) is 1. The lowest BCUT2D eigenvalue weighted by molar-refractivity contribution is -0.132. The highest BCUT2D eigenvalue weighted by molar-refractivity contribution is 6.03. The number of nitrogens with one attached hydrogen (secondary N) is 1. The molecule has 0 aliphatic carbocycles. The maximum Gasteiger partial charge on any atom is 0.251 e. The fourth-order valence-corrected chi connectivity index (χ4v) is 5.92. The van der Waals surface area contributed by atoms with E-state index in [2.05, 4.69) is 41.7 Å². The number of carbonyl (C=O) groups is 2. The molecule has 3 aromatic carbocycles. The molecule has 1 unspecified atom stereocenters. The van der Waals surface area contributed by atoms with Crippen molar-refractivity contribution in [1.29, 1.82) is 0 Å². The Morgan fingerprint density at radius 2 is 1.69 bits per heavy atom. The van der Waals surface area contributed by atoms with Crippen molar-refractivity contribution in [2.24, 2.45) is 0 Å². The van der Waals surface area contributed by atoms with Crippen molar-refractivity contribution in [2.75, 3.05) is 40.4 Å². The summed E-state index contributed by atoms with van der Waals surface area (Å²) < 4.78 is 11.5. The molecule has 0 aromatic heterocycles. The quantitative estimate of drug-likeness (QED) is 0.386. The monoisotopic (exact) mass is 567 g/mol. The number of amides is 2. The second-order valence-electron chi connectivity index (χ2n) is 11.3. The van der Waals surface area contributed by atoms with Gasteiger partial charge < -0.3 is 24.6 Å². The Bertz CT molecular complexity index is 1430. The van der Waals surface area contributed by atoms with Gasteiger partial charge in [0.25, 0.3) is 5.91 Å². The molecule has 1 saturated heterocycles. The predicted molar refractivity (Wildman–Crippen MR) is 166 cm³/mol. The van der Waals surface area contributed by atoms with Crippen LogP contribution in [0.5, 0.6) is 11.5 Å². The fourth-order valence-electron chi connectivity index (χ4n) is 5.92. The Kier molecular flexibility index (Phi) is 9.28. The zero-order valence-corrected chi connectivity index (χ0v) is 25.1. The normalized spacial score (nSPS) is 18.0. The molecule has 2 heterocycles. The van der Waals surface area contributed by atoms with Crippen LogP contribution in [0.25, 0.3) is 5.57 Å². The Morgan fingerprint density at radius 3 is 2.40 bits per heavy atom. The maximum absolute atomic E-state index is 14.0. The van der Waals surface area contributed by atoms with Crippen LogP contribution in [-0.4, -0.2) is 74.1 Å². The molecule has 2 bridgehead atoms. The molecule has 3 aromatic rings. The van der Waals surface area contributed by atoms with E-state index in [1.165, 1.54) is 5.56 Å². The van der Waals surface area contributed by atoms with Gasteiger partial charge in [0.05, 0.1) is 19.8 Å². The van der Waals surface area contributed by atoms with E-state index in [1.807, 2.05) is 60.2 Å². The smallest absolute Gasteiger partial charge is 0.251 e. The molecule has 1 N–H and O–H groups in total. The summed E-state index contributed by atoms with van der Waals surface area (Å²) in [7, 11) is 3.53. The van der Waals surface area contributed by atoms with Gasteiger partial charge in [0.15, 0.2) is 11.5 Å². The molecule has 2 aliphatic heterocycles. The van der Waals surface area contributed by atoms with Gasteiger partial charge in [-0.1, -0.05) is 60.7 Å². The lowest BCUT2D eigenvalue weighted by Gasteiger charge is -2.44. The number of nitrogens with zero attached hydrogens (tertiary/aromatic N) is 2. The minimum atomic E-state index is -0.194. The van der Waals surface area contributed by atoms with Gasteiger partial charge in [-0.05, 0) is 59.7 Å². The molecule has 5 rings (SSSR count). The molecule has 0 radical (unpaired) electrons. The molecule has 7 heteroatoms. The van der Waals surface area contributed by atoms with Crippen molar-refractivity contribution in [3.05, 3.63) is 101 Å². The summed E-state index contributed by atoms with van der Waals surface area (Å²) in [6, 6.07) is 24.6. The average Bonchev–Trinajstić information content (AvgIpc) is 3.00. The molecular weight excluding hydrogens is 526 g/mol. The van der Waals surface area contributed by atoms with E-state index in [9.17, 15) is 9.59 Å². The van der Waals surface area contributed by atoms with Crippen LogP contribution < -0.4 is 14.8 Å². The predicted octanol–water partition coefficient (Wildman–Crippen LogP) is 4.67. The van der Waals surface area contributed by atoms with E-state index >= 15 is 0 Å². The minimum absolute atomic E-state index is 0.0202. The molecule has 220 valence electrons. The highest BCUT2D eigenvalue weighted by Gasteiger charge is 2.39. The van der Waals surface area contributed by atoms with Gasteiger partial charge >= 0.3 is 0 Å². The third kappa shape index (κ3) is 6.85. The van der Waals surface area contributed by atoms with Crippen molar-refractivity contribution in [3.63, 3.8) is 0 Å². The highest BCUT2D eigenvalue weighted by atomic mass is 16.5. The Hall–Kier alpha value is -4.10. The number of aryl methyl sites for hydroxylation is 1. The second kappa shape index (κ2) is 13.3. The van der Waals surface area contributed by atoms with E-state index in [0.717, 1.165) is 52.2 Å². The first-order chi connectivity index (χ1) is 20.3. The third-order valence-corrected chi connectivity index (χ3v) is 8.28. The Morgan fingerprint density at radius 1 is 0.952 bits per heavy atom. The molecule has 2 aliphatic rings. The number of piperazine rings is 1. The first-order valence-electron chi connectivity index (χ1n) is 14.7. The zero-order chi connectivity index (χ0) is 29.6. The summed E-state index contributed by atoms with van der Waals surface area (Å²) in [5.74, 6) is 1.55. The maximum atomic E-state index is 14.0. The number of hydrogen-bond acceptors (Lipinski definition) is 5. The SMILES string of the molecule is COc1ccc(C)cc1OCCc1ccc(C2=C(C(=O)N(C)CCc3ccccc3)[C@H]3CN(C(C)=O)CC(C2)N3)cc1. The van der Waals surface area contributed by atoms with Gasteiger partial charge in [0, 0.05) is 51.6 Å². The number of carbonyl (C=O) groups excluding carboxylic acids is 2. The van der Waals surface area contributed by atoms with E-state index in [-0.39, 0.29) is 23.9 Å². The van der Waals surface area contributed by atoms with Crippen LogP contribution in [0.2, 0.25) is 0 Å². The van der Waals surface area contributed by atoms with Gasteiger partial charge in [-0.15, -0.1) is 0 Å². The molecule has 7 nitrogen and oxygen atoms in total. The first-order valence-corrected chi connectivity index (χ1v) is 14.7. The molecule has 0 spiro atoms. The van der Waals surface area contributed by atoms with Crippen LogP contribution in [0.4, 0.5) is 0 Å². The van der Waals surface area contributed by atoms with E-state index < -0.39 is 0 Å².